The van der Waals surface area contributed by atoms with Crippen LogP contribution >= 0.6 is 0 Å². The molecule has 0 rings (SSSR count). The minimum Gasteiger partial charge on any atom is -0.366 e. The Labute approximate surface area is 67.9 Å². The second kappa shape index (κ2) is 4.91. The summed E-state index contributed by atoms with van der Waals surface area (Å²) in [5, 5.41) is 0. The molecule has 11 heavy (non-hydrogen) atoms. The van der Waals surface area contributed by atoms with E-state index in [2.05, 4.69) is 18.7 Å². The summed E-state index contributed by atoms with van der Waals surface area (Å²) >= 11 is 0. The van der Waals surface area contributed by atoms with E-state index >= 15 is 0 Å². The van der Waals surface area contributed by atoms with E-state index in [1.807, 2.05) is 7.05 Å². The van der Waals surface area contributed by atoms with Crippen LogP contribution in [0.5, 0.6) is 0 Å². The predicted octanol–water partition coefficient (Wildman–Crippen LogP) is 0.368. The number of primary amides is 1. The van der Waals surface area contributed by atoms with E-state index in [0.29, 0.717) is 6.04 Å². The van der Waals surface area contributed by atoms with Crippen LogP contribution in [0.25, 0.3) is 0 Å². The third-order valence-corrected chi connectivity index (χ3v) is 1.56. The van der Waals surface area contributed by atoms with Crippen molar-refractivity contribution in [1.29, 1.82) is 0 Å². The third-order valence-electron chi connectivity index (χ3n) is 1.56. The van der Waals surface area contributed by atoms with Gasteiger partial charge in [0.05, 0.1) is 0 Å². The molecular formula is C8H16N2O. The number of nitrogens with two attached hydrogens (primary N) is 1. The van der Waals surface area contributed by atoms with Crippen LogP contribution in [0.1, 0.15) is 13.8 Å². The topological polar surface area (TPSA) is 46.3 Å². The van der Waals surface area contributed by atoms with Gasteiger partial charge in [0.2, 0.25) is 5.91 Å². The zero-order chi connectivity index (χ0) is 8.85. The van der Waals surface area contributed by atoms with Crippen molar-refractivity contribution in [2.24, 2.45) is 5.73 Å². The van der Waals surface area contributed by atoms with Gasteiger partial charge in [0.1, 0.15) is 0 Å². The lowest BCUT2D eigenvalue weighted by atomic mass is 10.3. The molecule has 0 saturated carbocycles. The minimum atomic E-state index is -0.387. The molecular weight excluding hydrogens is 140 g/mol. The highest BCUT2D eigenvalue weighted by molar-refractivity contribution is 5.85. The molecule has 0 aromatic rings. The van der Waals surface area contributed by atoms with Gasteiger partial charge >= 0.3 is 0 Å². The normalized spacial score (nSPS) is 11.7. The number of carbonyl (C=O) groups is 1. The minimum absolute atomic E-state index is 0.387. The van der Waals surface area contributed by atoms with E-state index < -0.39 is 0 Å². The molecule has 2 N–H and O–H groups in total. The summed E-state index contributed by atoms with van der Waals surface area (Å²) in [4.78, 5) is 12.4. The zero-order valence-corrected chi connectivity index (χ0v) is 7.37. The van der Waals surface area contributed by atoms with Crippen molar-refractivity contribution in [1.82, 2.24) is 4.90 Å². The number of carbonyl (C=O) groups excluding carboxylic acids is 1. The summed E-state index contributed by atoms with van der Waals surface area (Å²) in [6.07, 6.45) is 3.15. The van der Waals surface area contributed by atoms with E-state index in [-0.39, 0.29) is 5.91 Å². The largest absolute Gasteiger partial charge is 0.366 e. The highest BCUT2D eigenvalue weighted by atomic mass is 16.1. The SMILES string of the molecule is CC(C)N(C)C/C=C/C(N)=O. The molecule has 0 unspecified atom stereocenters. The molecule has 1 amide bonds. The molecule has 0 fully saturated rings. The standard InChI is InChI=1S/C8H16N2O/c1-7(2)10(3)6-4-5-8(9)11/h4-5,7H,6H2,1-3H3,(H2,9,11)/b5-4+. The Hall–Kier alpha value is -0.830. The lowest BCUT2D eigenvalue weighted by Crippen LogP contribution is -2.26. The van der Waals surface area contributed by atoms with Gasteiger partial charge in [-0.25, -0.2) is 0 Å². The number of nitrogens with zero attached hydrogens (tertiary/aromatic N) is 1. The Morgan fingerprint density at radius 2 is 2.18 bits per heavy atom. The summed E-state index contributed by atoms with van der Waals surface area (Å²) in [6.45, 7) is 4.96. The first-order valence-corrected chi connectivity index (χ1v) is 3.70. The maximum atomic E-state index is 10.3. The van der Waals surface area contributed by atoms with Gasteiger partial charge in [0, 0.05) is 12.6 Å². The second-order valence-electron chi connectivity index (χ2n) is 2.84. The first-order chi connectivity index (χ1) is 5.04. The van der Waals surface area contributed by atoms with Crippen LogP contribution in [0.3, 0.4) is 0 Å². The van der Waals surface area contributed by atoms with Gasteiger partial charge in [-0.15, -0.1) is 0 Å². The lowest BCUT2D eigenvalue weighted by Gasteiger charge is -2.18. The molecule has 0 atom stereocenters. The van der Waals surface area contributed by atoms with Crippen molar-refractivity contribution in [2.75, 3.05) is 13.6 Å². The van der Waals surface area contributed by atoms with E-state index in [9.17, 15) is 4.79 Å². The molecule has 0 heterocycles. The van der Waals surface area contributed by atoms with Crippen molar-refractivity contribution in [3.8, 4) is 0 Å². The van der Waals surface area contributed by atoms with Crippen LogP contribution in [0.4, 0.5) is 0 Å². The van der Waals surface area contributed by atoms with Gasteiger partial charge in [-0.05, 0) is 27.0 Å². The fourth-order valence-corrected chi connectivity index (χ4v) is 0.546. The first kappa shape index (κ1) is 10.2. The number of rotatable bonds is 4. The smallest absolute Gasteiger partial charge is 0.241 e. The van der Waals surface area contributed by atoms with Gasteiger partial charge in [0.15, 0.2) is 0 Å². The van der Waals surface area contributed by atoms with Crippen molar-refractivity contribution in [2.45, 2.75) is 19.9 Å². The molecule has 0 aromatic heterocycles. The fourth-order valence-electron chi connectivity index (χ4n) is 0.546. The highest BCUT2D eigenvalue weighted by Crippen LogP contribution is 1.92. The quantitative estimate of drug-likeness (QED) is 0.598. The number of hydrogen-bond donors (Lipinski definition) is 1. The van der Waals surface area contributed by atoms with Crippen LogP contribution in [0.15, 0.2) is 12.2 Å². The molecule has 0 aliphatic rings. The van der Waals surface area contributed by atoms with Gasteiger partial charge in [0.25, 0.3) is 0 Å². The van der Waals surface area contributed by atoms with Crippen molar-refractivity contribution >= 4 is 5.91 Å². The summed E-state index contributed by atoms with van der Waals surface area (Å²) in [5.74, 6) is -0.387. The van der Waals surface area contributed by atoms with Crippen molar-refractivity contribution in [3.63, 3.8) is 0 Å². The lowest BCUT2D eigenvalue weighted by molar-refractivity contribution is -0.113. The molecule has 0 bridgehead atoms. The van der Waals surface area contributed by atoms with E-state index in [1.165, 1.54) is 6.08 Å². The van der Waals surface area contributed by atoms with E-state index in [1.54, 1.807) is 6.08 Å². The number of hydrogen-bond acceptors (Lipinski definition) is 2. The van der Waals surface area contributed by atoms with Gasteiger partial charge in [-0.2, -0.15) is 0 Å². The molecule has 0 radical (unpaired) electrons. The highest BCUT2D eigenvalue weighted by Gasteiger charge is 1.98. The van der Waals surface area contributed by atoms with Crippen molar-refractivity contribution < 1.29 is 4.79 Å². The van der Waals surface area contributed by atoms with Gasteiger partial charge in [-0.3, -0.25) is 4.79 Å². The van der Waals surface area contributed by atoms with Gasteiger partial charge in [-0.1, -0.05) is 6.08 Å². The fraction of sp³-hybridized carbons (Fsp3) is 0.625. The third kappa shape index (κ3) is 5.61. The maximum Gasteiger partial charge on any atom is 0.241 e. The molecule has 0 saturated heterocycles. The van der Waals surface area contributed by atoms with Crippen LogP contribution < -0.4 is 5.73 Å². The Bertz CT molecular complexity index is 152. The summed E-state index contributed by atoms with van der Waals surface area (Å²) < 4.78 is 0. The molecule has 64 valence electrons. The molecule has 0 spiro atoms. The number of amides is 1. The summed E-state index contributed by atoms with van der Waals surface area (Å²) in [6, 6.07) is 0.493. The molecule has 0 aromatic carbocycles. The molecule has 0 aliphatic heterocycles. The monoisotopic (exact) mass is 156 g/mol. The Morgan fingerprint density at radius 3 is 2.55 bits per heavy atom. The Morgan fingerprint density at radius 1 is 1.64 bits per heavy atom. The summed E-state index contributed by atoms with van der Waals surface area (Å²) in [7, 11) is 2.00. The van der Waals surface area contributed by atoms with Crippen LogP contribution in [0.2, 0.25) is 0 Å². The van der Waals surface area contributed by atoms with E-state index in [4.69, 9.17) is 5.73 Å². The van der Waals surface area contributed by atoms with Gasteiger partial charge < -0.3 is 10.6 Å². The summed E-state index contributed by atoms with van der Waals surface area (Å²) in [5.41, 5.74) is 4.91. The Balaban J connectivity index is 3.61. The second-order valence-corrected chi connectivity index (χ2v) is 2.84. The van der Waals surface area contributed by atoms with Crippen LogP contribution in [-0.4, -0.2) is 30.4 Å². The van der Waals surface area contributed by atoms with Crippen LogP contribution in [0, 0.1) is 0 Å². The van der Waals surface area contributed by atoms with E-state index in [0.717, 1.165) is 6.54 Å². The molecule has 3 nitrogen and oxygen atoms in total. The first-order valence-electron chi connectivity index (χ1n) is 3.70. The number of likely N-dealkylation sites (N-methyl/N-ethyl adjacent to an activating group) is 1. The maximum absolute atomic E-state index is 10.3. The average molecular weight is 156 g/mol. The van der Waals surface area contributed by atoms with Crippen molar-refractivity contribution in [3.05, 3.63) is 12.2 Å². The molecule has 3 heteroatoms. The van der Waals surface area contributed by atoms with Crippen LogP contribution in [-0.2, 0) is 4.79 Å². The molecule has 0 aliphatic carbocycles. The average Bonchev–Trinajstić information content (AvgIpc) is 1.86. The zero-order valence-electron chi connectivity index (χ0n) is 7.37. The predicted molar refractivity (Wildman–Crippen MR) is 46.1 cm³/mol. The Kier molecular flexibility index (Phi) is 4.54.